The van der Waals surface area contributed by atoms with E-state index in [4.69, 9.17) is 16.6 Å². The first-order chi connectivity index (χ1) is 14.3. The highest BCUT2D eigenvalue weighted by atomic mass is 32.1. The molecule has 0 fully saturated rings. The van der Waals surface area contributed by atoms with E-state index in [1.54, 1.807) is 13.8 Å². The number of carboxylic acid groups (broad SMARTS) is 2. The second-order valence-electron chi connectivity index (χ2n) is 6.89. The van der Waals surface area contributed by atoms with Gasteiger partial charge in [0, 0.05) is 5.75 Å². The van der Waals surface area contributed by atoms with Crippen molar-refractivity contribution in [3.63, 3.8) is 0 Å². The molecule has 9 N–H and O–H groups in total. The fourth-order valence-corrected chi connectivity index (χ4v) is 2.53. The number of primary amides is 1. The largest absolute Gasteiger partial charge is 0.481 e. The van der Waals surface area contributed by atoms with Crippen molar-refractivity contribution >= 4 is 48.2 Å². The van der Waals surface area contributed by atoms with Gasteiger partial charge in [0.25, 0.3) is 0 Å². The lowest BCUT2D eigenvalue weighted by atomic mass is 9.98. The summed E-state index contributed by atoms with van der Waals surface area (Å²) in [5, 5.41) is 24.8. The van der Waals surface area contributed by atoms with Crippen molar-refractivity contribution in [1.82, 2.24) is 16.0 Å². The number of nitrogens with two attached hydrogens (primary N) is 2. The van der Waals surface area contributed by atoms with Crippen LogP contribution in [0.2, 0.25) is 0 Å². The van der Waals surface area contributed by atoms with Crippen LogP contribution in [0.4, 0.5) is 0 Å². The fourth-order valence-electron chi connectivity index (χ4n) is 2.37. The normalized spacial score (nSPS) is 15.5. The standard InChI is InChI=1S/C17H29N5O8S/c1-3-7(2)13(17(29)30)22-16(28)9(4-11(19)23)21-15(27)10(5-12(24)25)20-14(26)8(18)6-31/h7-10,13,31H,3-6,18H2,1-2H3,(H2,19,23)(H,20,26)(H,21,27)(H,22,28)(H,24,25)(H,29,30). The number of rotatable bonds is 14. The molecule has 0 aromatic rings. The van der Waals surface area contributed by atoms with E-state index < -0.39 is 78.5 Å². The van der Waals surface area contributed by atoms with Gasteiger partial charge >= 0.3 is 11.9 Å². The van der Waals surface area contributed by atoms with Crippen molar-refractivity contribution in [1.29, 1.82) is 0 Å². The molecule has 13 nitrogen and oxygen atoms in total. The summed E-state index contributed by atoms with van der Waals surface area (Å²) >= 11 is 3.84. The first kappa shape index (κ1) is 28.1. The van der Waals surface area contributed by atoms with E-state index in [1.165, 1.54) is 0 Å². The summed E-state index contributed by atoms with van der Waals surface area (Å²) in [5.74, 6) is -7.23. The molecular formula is C17H29N5O8S. The number of hydrogen-bond donors (Lipinski definition) is 8. The summed E-state index contributed by atoms with van der Waals surface area (Å²) in [4.78, 5) is 70.8. The van der Waals surface area contributed by atoms with Gasteiger partial charge in [-0.1, -0.05) is 20.3 Å². The second kappa shape index (κ2) is 13.4. The second-order valence-corrected chi connectivity index (χ2v) is 7.25. The van der Waals surface area contributed by atoms with E-state index in [1.807, 2.05) is 0 Å². The van der Waals surface area contributed by atoms with Gasteiger partial charge in [-0.2, -0.15) is 12.6 Å². The Morgan fingerprint density at radius 2 is 1.39 bits per heavy atom. The molecular weight excluding hydrogens is 434 g/mol. The van der Waals surface area contributed by atoms with Gasteiger partial charge in [0.1, 0.15) is 18.1 Å². The Kier molecular flexibility index (Phi) is 12.2. The number of hydrogen-bond acceptors (Lipinski definition) is 8. The van der Waals surface area contributed by atoms with Crippen molar-refractivity contribution in [3.8, 4) is 0 Å². The minimum atomic E-state index is -1.62. The van der Waals surface area contributed by atoms with Crippen molar-refractivity contribution in [2.45, 2.75) is 57.3 Å². The van der Waals surface area contributed by atoms with E-state index in [2.05, 4.69) is 28.6 Å². The number of nitrogens with one attached hydrogen (secondary N) is 3. The van der Waals surface area contributed by atoms with Crippen molar-refractivity contribution < 1.29 is 39.0 Å². The number of carboxylic acids is 2. The number of amides is 4. The van der Waals surface area contributed by atoms with Crippen LogP contribution in [0, 0.1) is 5.92 Å². The monoisotopic (exact) mass is 463 g/mol. The van der Waals surface area contributed by atoms with Gasteiger partial charge in [-0.05, 0) is 5.92 Å². The number of aliphatic carboxylic acids is 2. The summed E-state index contributed by atoms with van der Waals surface area (Å²) in [6, 6.07) is -5.64. The molecule has 0 aromatic carbocycles. The zero-order chi connectivity index (χ0) is 24.3. The van der Waals surface area contributed by atoms with E-state index in [0.29, 0.717) is 6.42 Å². The Morgan fingerprint density at radius 3 is 1.81 bits per heavy atom. The third kappa shape index (κ3) is 10.1. The third-order valence-corrected chi connectivity index (χ3v) is 4.75. The maximum Gasteiger partial charge on any atom is 0.326 e. The van der Waals surface area contributed by atoms with Gasteiger partial charge in [0.15, 0.2) is 0 Å². The van der Waals surface area contributed by atoms with Gasteiger partial charge in [-0.15, -0.1) is 0 Å². The molecule has 176 valence electrons. The summed E-state index contributed by atoms with van der Waals surface area (Å²) < 4.78 is 0. The van der Waals surface area contributed by atoms with E-state index in [-0.39, 0.29) is 5.75 Å². The molecule has 0 bridgehead atoms. The third-order valence-electron chi connectivity index (χ3n) is 4.36. The zero-order valence-corrected chi connectivity index (χ0v) is 18.1. The van der Waals surface area contributed by atoms with E-state index >= 15 is 0 Å². The van der Waals surface area contributed by atoms with Gasteiger partial charge in [0.05, 0.1) is 18.9 Å². The summed E-state index contributed by atoms with van der Waals surface area (Å²) in [5.41, 5.74) is 10.6. The van der Waals surface area contributed by atoms with Crippen LogP contribution in [-0.4, -0.2) is 75.7 Å². The molecule has 31 heavy (non-hydrogen) atoms. The predicted octanol–water partition coefficient (Wildman–Crippen LogP) is -2.82. The SMILES string of the molecule is CCC(C)C(NC(=O)C(CC(N)=O)NC(=O)C(CC(=O)O)NC(=O)C(N)CS)C(=O)O. The van der Waals surface area contributed by atoms with Crippen LogP contribution in [0.3, 0.4) is 0 Å². The Bertz CT molecular complexity index is 704. The number of thiol groups is 1. The lowest BCUT2D eigenvalue weighted by molar-refractivity contribution is -0.144. The first-order valence-electron chi connectivity index (χ1n) is 9.34. The quantitative estimate of drug-likeness (QED) is 0.124. The molecule has 0 saturated heterocycles. The Morgan fingerprint density at radius 1 is 0.903 bits per heavy atom. The van der Waals surface area contributed by atoms with Crippen LogP contribution in [0.15, 0.2) is 0 Å². The highest BCUT2D eigenvalue weighted by Crippen LogP contribution is 2.09. The number of carbonyl (C=O) groups is 6. The molecule has 0 radical (unpaired) electrons. The van der Waals surface area contributed by atoms with Crippen LogP contribution >= 0.6 is 12.6 Å². The Labute approximate surface area is 184 Å². The topological polar surface area (TPSA) is 231 Å². The number of carbonyl (C=O) groups excluding carboxylic acids is 4. The van der Waals surface area contributed by atoms with Gasteiger partial charge in [0.2, 0.25) is 23.6 Å². The molecule has 0 saturated carbocycles. The first-order valence-corrected chi connectivity index (χ1v) is 9.97. The van der Waals surface area contributed by atoms with Crippen molar-refractivity contribution in [3.05, 3.63) is 0 Å². The molecule has 0 spiro atoms. The van der Waals surface area contributed by atoms with Crippen LogP contribution in [0.5, 0.6) is 0 Å². The average molecular weight is 464 g/mol. The molecule has 4 amide bonds. The molecule has 14 heteroatoms. The van der Waals surface area contributed by atoms with Gasteiger partial charge in [-0.25, -0.2) is 4.79 Å². The average Bonchev–Trinajstić information content (AvgIpc) is 2.68. The summed E-state index contributed by atoms with van der Waals surface area (Å²) in [6.45, 7) is 3.30. The van der Waals surface area contributed by atoms with Crippen LogP contribution in [0.1, 0.15) is 33.1 Å². The maximum absolute atomic E-state index is 12.5. The van der Waals surface area contributed by atoms with Crippen LogP contribution in [-0.2, 0) is 28.8 Å². The van der Waals surface area contributed by atoms with E-state index in [0.717, 1.165) is 0 Å². The molecule has 0 aliphatic heterocycles. The molecule has 5 unspecified atom stereocenters. The molecule has 0 heterocycles. The van der Waals surface area contributed by atoms with Gasteiger partial charge in [-0.3, -0.25) is 24.0 Å². The smallest absolute Gasteiger partial charge is 0.326 e. The maximum atomic E-state index is 12.5. The lowest BCUT2D eigenvalue weighted by Gasteiger charge is -2.25. The Hall–Kier alpha value is -2.87. The van der Waals surface area contributed by atoms with Crippen LogP contribution in [0.25, 0.3) is 0 Å². The van der Waals surface area contributed by atoms with Crippen molar-refractivity contribution in [2.75, 3.05) is 5.75 Å². The molecule has 0 rings (SSSR count). The van der Waals surface area contributed by atoms with Crippen LogP contribution < -0.4 is 27.4 Å². The molecule has 0 aromatic heterocycles. The lowest BCUT2D eigenvalue weighted by Crippen LogP contribution is -2.58. The fraction of sp³-hybridized carbons (Fsp3) is 0.647. The molecule has 0 aliphatic carbocycles. The van der Waals surface area contributed by atoms with Gasteiger partial charge < -0.3 is 37.6 Å². The minimum Gasteiger partial charge on any atom is -0.481 e. The highest BCUT2D eigenvalue weighted by molar-refractivity contribution is 7.80. The Balaban J connectivity index is 5.56. The summed E-state index contributed by atoms with van der Waals surface area (Å²) in [7, 11) is 0. The summed E-state index contributed by atoms with van der Waals surface area (Å²) in [6.07, 6.45) is -1.11. The van der Waals surface area contributed by atoms with E-state index in [9.17, 15) is 33.9 Å². The predicted molar refractivity (Wildman–Crippen MR) is 111 cm³/mol. The minimum absolute atomic E-state index is 0.0772. The van der Waals surface area contributed by atoms with Crippen molar-refractivity contribution in [2.24, 2.45) is 17.4 Å². The zero-order valence-electron chi connectivity index (χ0n) is 17.2. The highest BCUT2D eigenvalue weighted by Gasteiger charge is 2.33. The molecule has 0 aliphatic rings. The molecule has 5 atom stereocenters.